The lowest BCUT2D eigenvalue weighted by Gasteiger charge is -2.05. The van der Waals surface area contributed by atoms with Crippen LogP contribution in [0.4, 0.5) is 5.69 Å². The van der Waals surface area contributed by atoms with Crippen LogP contribution in [0.2, 0.25) is 0 Å². The van der Waals surface area contributed by atoms with Crippen LogP contribution in [0.1, 0.15) is 15.2 Å². The van der Waals surface area contributed by atoms with Crippen molar-refractivity contribution in [3.8, 4) is 0 Å². The zero-order chi connectivity index (χ0) is 12.4. The van der Waals surface area contributed by atoms with Crippen molar-refractivity contribution in [2.75, 3.05) is 5.32 Å². The SMILES string of the molecule is Cc1cc(NC(=O)c2sccc2Br)cnc1Br. The van der Waals surface area contributed by atoms with Gasteiger partial charge in [0.05, 0.1) is 11.9 Å². The summed E-state index contributed by atoms with van der Waals surface area (Å²) < 4.78 is 1.59. The molecule has 6 heteroatoms. The average molecular weight is 376 g/mol. The van der Waals surface area contributed by atoms with E-state index < -0.39 is 0 Å². The van der Waals surface area contributed by atoms with E-state index in [2.05, 4.69) is 42.2 Å². The van der Waals surface area contributed by atoms with Gasteiger partial charge >= 0.3 is 0 Å². The normalized spacial score (nSPS) is 10.3. The van der Waals surface area contributed by atoms with E-state index in [1.54, 1.807) is 6.20 Å². The molecule has 0 saturated carbocycles. The molecule has 0 aliphatic carbocycles. The Morgan fingerprint density at radius 3 is 2.82 bits per heavy atom. The van der Waals surface area contributed by atoms with Gasteiger partial charge in [-0.1, -0.05) is 0 Å². The number of pyridine rings is 1. The summed E-state index contributed by atoms with van der Waals surface area (Å²) in [6, 6.07) is 3.72. The summed E-state index contributed by atoms with van der Waals surface area (Å²) >= 11 is 8.05. The van der Waals surface area contributed by atoms with Gasteiger partial charge in [0.2, 0.25) is 0 Å². The van der Waals surface area contributed by atoms with Crippen molar-refractivity contribution in [3.05, 3.63) is 43.2 Å². The molecule has 0 saturated heterocycles. The van der Waals surface area contributed by atoms with Crippen molar-refractivity contribution in [1.82, 2.24) is 4.98 Å². The van der Waals surface area contributed by atoms with Crippen molar-refractivity contribution >= 4 is 54.8 Å². The third kappa shape index (κ3) is 2.94. The Bertz CT molecular complexity index is 568. The number of aromatic nitrogens is 1. The lowest BCUT2D eigenvalue weighted by Crippen LogP contribution is -2.11. The number of nitrogens with one attached hydrogen (secondary N) is 1. The first-order valence-electron chi connectivity index (χ1n) is 4.74. The molecule has 2 heterocycles. The molecule has 2 aromatic heterocycles. The second-order valence-electron chi connectivity index (χ2n) is 3.38. The highest BCUT2D eigenvalue weighted by Gasteiger charge is 2.12. The number of nitrogens with zero attached hydrogens (tertiary/aromatic N) is 1. The summed E-state index contributed by atoms with van der Waals surface area (Å²) in [5.41, 5.74) is 1.67. The molecule has 0 fully saturated rings. The number of hydrogen-bond acceptors (Lipinski definition) is 3. The lowest BCUT2D eigenvalue weighted by atomic mass is 10.3. The van der Waals surface area contributed by atoms with E-state index >= 15 is 0 Å². The number of carbonyl (C=O) groups is 1. The van der Waals surface area contributed by atoms with E-state index in [1.165, 1.54) is 11.3 Å². The maximum absolute atomic E-state index is 11.9. The van der Waals surface area contributed by atoms with Crippen LogP contribution in [-0.4, -0.2) is 10.9 Å². The zero-order valence-corrected chi connectivity index (χ0v) is 12.8. The van der Waals surface area contributed by atoms with Crippen molar-refractivity contribution in [2.45, 2.75) is 6.92 Å². The summed E-state index contributed by atoms with van der Waals surface area (Å²) in [6.07, 6.45) is 1.62. The Labute approximate surface area is 120 Å². The molecule has 1 N–H and O–H groups in total. The van der Waals surface area contributed by atoms with Crippen LogP contribution in [0.25, 0.3) is 0 Å². The summed E-state index contributed by atoms with van der Waals surface area (Å²) in [4.78, 5) is 16.7. The van der Waals surface area contributed by atoms with Gasteiger partial charge in [-0.25, -0.2) is 4.98 Å². The predicted octanol–water partition coefficient (Wildman–Crippen LogP) is 4.23. The van der Waals surface area contributed by atoms with Crippen LogP contribution in [-0.2, 0) is 0 Å². The molecule has 0 unspecified atom stereocenters. The van der Waals surface area contributed by atoms with Gasteiger partial charge in [-0.3, -0.25) is 4.79 Å². The Hall–Kier alpha value is -0.720. The molecule has 0 radical (unpaired) electrons. The number of amides is 1. The fourth-order valence-electron chi connectivity index (χ4n) is 1.27. The van der Waals surface area contributed by atoms with Crippen LogP contribution in [0.3, 0.4) is 0 Å². The van der Waals surface area contributed by atoms with E-state index in [9.17, 15) is 4.79 Å². The van der Waals surface area contributed by atoms with E-state index in [0.717, 1.165) is 14.6 Å². The molecule has 2 aromatic rings. The molecule has 1 amide bonds. The van der Waals surface area contributed by atoms with Gasteiger partial charge in [-0.2, -0.15) is 0 Å². The minimum Gasteiger partial charge on any atom is -0.320 e. The Kier molecular flexibility index (Phi) is 3.96. The second-order valence-corrected chi connectivity index (χ2v) is 5.91. The van der Waals surface area contributed by atoms with Crippen molar-refractivity contribution in [2.24, 2.45) is 0 Å². The van der Waals surface area contributed by atoms with Gasteiger partial charge in [-0.15, -0.1) is 11.3 Å². The Morgan fingerprint density at radius 2 is 2.24 bits per heavy atom. The maximum atomic E-state index is 11.9. The van der Waals surface area contributed by atoms with Gasteiger partial charge < -0.3 is 5.32 Å². The van der Waals surface area contributed by atoms with E-state index in [4.69, 9.17) is 0 Å². The minimum atomic E-state index is -0.129. The molecular formula is C11H8Br2N2OS. The number of anilines is 1. The molecule has 88 valence electrons. The number of hydrogen-bond donors (Lipinski definition) is 1. The fraction of sp³-hybridized carbons (Fsp3) is 0.0909. The molecule has 0 aliphatic rings. The molecule has 17 heavy (non-hydrogen) atoms. The summed E-state index contributed by atoms with van der Waals surface area (Å²) in [5.74, 6) is -0.129. The van der Waals surface area contributed by atoms with Crippen LogP contribution in [0, 0.1) is 6.92 Å². The second kappa shape index (κ2) is 5.29. The van der Waals surface area contributed by atoms with Crippen molar-refractivity contribution < 1.29 is 4.79 Å². The third-order valence-electron chi connectivity index (χ3n) is 2.10. The lowest BCUT2D eigenvalue weighted by molar-refractivity contribution is 0.103. The zero-order valence-electron chi connectivity index (χ0n) is 8.83. The number of rotatable bonds is 2. The smallest absolute Gasteiger partial charge is 0.266 e. The monoisotopic (exact) mass is 374 g/mol. The topological polar surface area (TPSA) is 42.0 Å². The standard InChI is InChI=1S/C11H8Br2N2OS/c1-6-4-7(5-14-10(6)13)15-11(16)9-8(12)2-3-17-9/h2-5H,1H3,(H,15,16). The molecule has 0 spiro atoms. The van der Waals surface area contributed by atoms with Gasteiger partial charge in [0, 0.05) is 4.47 Å². The summed E-state index contributed by atoms with van der Waals surface area (Å²) in [6.45, 7) is 1.92. The molecule has 0 bridgehead atoms. The Balaban J connectivity index is 2.19. The molecule has 3 nitrogen and oxygen atoms in total. The maximum Gasteiger partial charge on any atom is 0.266 e. The minimum absolute atomic E-state index is 0.129. The summed E-state index contributed by atoms with van der Waals surface area (Å²) in [7, 11) is 0. The molecule has 2 rings (SSSR count). The largest absolute Gasteiger partial charge is 0.320 e. The highest BCUT2D eigenvalue weighted by Crippen LogP contribution is 2.24. The van der Waals surface area contributed by atoms with E-state index in [-0.39, 0.29) is 5.91 Å². The van der Waals surface area contributed by atoms with E-state index in [0.29, 0.717) is 10.6 Å². The first kappa shape index (κ1) is 12.7. The van der Waals surface area contributed by atoms with Crippen molar-refractivity contribution in [3.63, 3.8) is 0 Å². The van der Waals surface area contributed by atoms with E-state index in [1.807, 2.05) is 24.4 Å². The first-order valence-corrected chi connectivity index (χ1v) is 7.21. The highest BCUT2D eigenvalue weighted by molar-refractivity contribution is 9.10. The number of halogens is 2. The van der Waals surface area contributed by atoms with Crippen LogP contribution >= 0.6 is 43.2 Å². The van der Waals surface area contributed by atoms with Gasteiger partial charge in [0.25, 0.3) is 5.91 Å². The molecule has 0 atom stereocenters. The third-order valence-corrected chi connectivity index (χ3v) is 4.76. The van der Waals surface area contributed by atoms with Gasteiger partial charge in [-0.05, 0) is 61.9 Å². The number of aryl methyl sites for hydroxylation is 1. The van der Waals surface area contributed by atoms with Crippen LogP contribution < -0.4 is 5.32 Å². The quantitative estimate of drug-likeness (QED) is 0.798. The van der Waals surface area contributed by atoms with Gasteiger partial charge in [0.15, 0.2) is 0 Å². The number of thiophene rings is 1. The molecular weight excluding hydrogens is 368 g/mol. The predicted molar refractivity (Wildman–Crippen MR) is 76.6 cm³/mol. The van der Waals surface area contributed by atoms with Crippen LogP contribution in [0.15, 0.2) is 32.8 Å². The molecule has 0 aromatic carbocycles. The fourth-order valence-corrected chi connectivity index (χ4v) is 2.93. The highest BCUT2D eigenvalue weighted by atomic mass is 79.9. The average Bonchev–Trinajstić information content (AvgIpc) is 2.70. The van der Waals surface area contributed by atoms with Crippen molar-refractivity contribution in [1.29, 1.82) is 0 Å². The molecule has 0 aliphatic heterocycles. The summed E-state index contributed by atoms with van der Waals surface area (Å²) in [5, 5.41) is 4.68. The van der Waals surface area contributed by atoms with Crippen LogP contribution in [0.5, 0.6) is 0 Å². The van der Waals surface area contributed by atoms with Gasteiger partial charge in [0.1, 0.15) is 9.48 Å². The Morgan fingerprint density at radius 1 is 1.47 bits per heavy atom. The first-order chi connectivity index (χ1) is 8.08. The number of carbonyl (C=O) groups excluding carboxylic acids is 1.